The Balaban J connectivity index is 1.91. The first-order valence-corrected chi connectivity index (χ1v) is 8.74. The molecule has 0 aliphatic carbocycles. The molecule has 1 fully saturated rings. The molecule has 1 saturated heterocycles. The number of nitrogens with zero attached hydrogens (tertiary/aromatic N) is 2. The van der Waals surface area contributed by atoms with Gasteiger partial charge in [-0.1, -0.05) is 30.3 Å². The molecule has 1 atom stereocenters. The van der Waals surface area contributed by atoms with Crippen molar-refractivity contribution in [3.63, 3.8) is 0 Å². The van der Waals surface area contributed by atoms with Gasteiger partial charge in [-0.15, -0.1) is 0 Å². The second-order valence-corrected chi connectivity index (χ2v) is 6.39. The van der Waals surface area contributed by atoms with Crippen LogP contribution >= 0.6 is 0 Å². The summed E-state index contributed by atoms with van der Waals surface area (Å²) in [5.41, 5.74) is 0.919. The van der Waals surface area contributed by atoms with Gasteiger partial charge in [0.1, 0.15) is 11.9 Å². The van der Waals surface area contributed by atoms with Gasteiger partial charge in [-0.05, 0) is 29.8 Å². The minimum Gasteiger partial charge on any atom is -0.478 e. The molecule has 148 valence electrons. The monoisotopic (exact) mass is 396 g/mol. The molecule has 0 aromatic heterocycles. The Bertz CT molecular complexity index is 972. The van der Waals surface area contributed by atoms with Crippen LogP contribution in [-0.2, 0) is 25.7 Å². The maximum Gasteiger partial charge on any atom is 0.328 e. The summed E-state index contributed by atoms with van der Waals surface area (Å²) in [6, 6.07) is 12.6. The normalized spacial score (nSPS) is 16.4. The van der Waals surface area contributed by atoms with E-state index in [1.54, 1.807) is 30.3 Å². The van der Waals surface area contributed by atoms with Crippen molar-refractivity contribution in [1.29, 1.82) is 0 Å². The average Bonchev–Trinajstić information content (AvgIpc) is 2.99. The predicted molar refractivity (Wildman–Crippen MR) is 101 cm³/mol. The minimum atomic E-state index is -1.31. The summed E-state index contributed by atoms with van der Waals surface area (Å²) in [6.45, 7) is 0.0184. The Morgan fingerprint density at radius 3 is 2.34 bits per heavy atom. The van der Waals surface area contributed by atoms with Gasteiger partial charge < -0.3 is 10.0 Å². The van der Waals surface area contributed by atoms with Gasteiger partial charge in [0.25, 0.3) is 5.91 Å². The average molecular weight is 396 g/mol. The molecular formula is C21H17FN2O5. The summed E-state index contributed by atoms with van der Waals surface area (Å²) in [7, 11) is 0. The van der Waals surface area contributed by atoms with Gasteiger partial charge in [0.15, 0.2) is 0 Å². The third-order valence-electron chi connectivity index (χ3n) is 4.43. The Hall–Kier alpha value is -3.81. The van der Waals surface area contributed by atoms with Crippen LogP contribution in [0.1, 0.15) is 12.0 Å². The first kappa shape index (κ1) is 19.9. The van der Waals surface area contributed by atoms with Crippen molar-refractivity contribution in [3.8, 4) is 0 Å². The van der Waals surface area contributed by atoms with Crippen LogP contribution in [0.2, 0.25) is 0 Å². The predicted octanol–water partition coefficient (Wildman–Crippen LogP) is 2.13. The molecule has 3 rings (SSSR count). The Morgan fingerprint density at radius 2 is 1.72 bits per heavy atom. The molecule has 1 unspecified atom stereocenters. The van der Waals surface area contributed by atoms with Gasteiger partial charge in [-0.2, -0.15) is 0 Å². The topological polar surface area (TPSA) is 95.0 Å². The van der Waals surface area contributed by atoms with Crippen LogP contribution in [0.5, 0.6) is 0 Å². The summed E-state index contributed by atoms with van der Waals surface area (Å²) in [5.74, 6) is -3.68. The van der Waals surface area contributed by atoms with Crippen LogP contribution < -0.4 is 4.90 Å². The third-order valence-corrected chi connectivity index (χ3v) is 4.43. The number of carboxylic acids is 1. The van der Waals surface area contributed by atoms with Crippen molar-refractivity contribution in [2.75, 3.05) is 4.90 Å². The van der Waals surface area contributed by atoms with Crippen molar-refractivity contribution in [2.24, 2.45) is 0 Å². The molecule has 1 N–H and O–H groups in total. The third kappa shape index (κ3) is 4.55. The number of aliphatic carboxylic acids is 1. The molecule has 0 bridgehead atoms. The number of hydrogen-bond donors (Lipinski definition) is 1. The van der Waals surface area contributed by atoms with Crippen LogP contribution in [0.25, 0.3) is 0 Å². The largest absolute Gasteiger partial charge is 0.478 e. The van der Waals surface area contributed by atoms with E-state index in [0.717, 1.165) is 23.1 Å². The molecule has 0 radical (unpaired) electrons. The molecule has 1 aliphatic rings. The Labute approximate surface area is 165 Å². The van der Waals surface area contributed by atoms with E-state index >= 15 is 0 Å². The van der Waals surface area contributed by atoms with Crippen molar-refractivity contribution in [1.82, 2.24) is 4.90 Å². The number of carbonyl (C=O) groups is 4. The van der Waals surface area contributed by atoms with Crippen LogP contribution in [0, 0.1) is 5.82 Å². The lowest BCUT2D eigenvalue weighted by Gasteiger charge is -2.26. The van der Waals surface area contributed by atoms with Gasteiger partial charge in [0.2, 0.25) is 11.8 Å². The molecular weight excluding hydrogens is 379 g/mol. The van der Waals surface area contributed by atoms with E-state index in [1.807, 2.05) is 0 Å². The molecule has 8 heteroatoms. The van der Waals surface area contributed by atoms with Gasteiger partial charge in [0.05, 0.1) is 12.1 Å². The molecule has 29 heavy (non-hydrogen) atoms. The summed E-state index contributed by atoms with van der Waals surface area (Å²) < 4.78 is 13.2. The highest BCUT2D eigenvalue weighted by Crippen LogP contribution is 2.27. The fourth-order valence-corrected chi connectivity index (χ4v) is 3.08. The number of amides is 3. The first-order chi connectivity index (χ1) is 13.9. The van der Waals surface area contributed by atoms with E-state index < -0.39 is 35.5 Å². The molecule has 1 aliphatic heterocycles. The molecule has 1 heterocycles. The summed E-state index contributed by atoms with van der Waals surface area (Å²) >= 11 is 0. The zero-order chi connectivity index (χ0) is 21.0. The maximum absolute atomic E-state index is 13.2. The van der Waals surface area contributed by atoms with Crippen molar-refractivity contribution >= 4 is 29.4 Å². The van der Waals surface area contributed by atoms with Gasteiger partial charge >= 0.3 is 5.97 Å². The standard InChI is InChI=1S/C21H17FN2O5/c22-15-6-8-16(9-7-15)24-19(26)12-17(21(24)29)23(18(25)10-11-20(27)28)13-14-4-2-1-3-5-14/h1-11,17H,12-13H2,(H,27,28)/b11-10+. The molecule has 2 aromatic rings. The SMILES string of the molecule is O=C(O)/C=C/C(=O)N(Cc1ccccc1)C1CC(=O)N(c2ccc(F)cc2)C1=O. The van der Waals surface area contributed by atoms with E-state index in [4.69, 9.17) is 5.11 Å². The van der Waals surface area contributed by atoms with Crippen molar-refractivity contribution in [3.05, 3.63) is 78.1 Å². The summed E-state index contributed by atoms with van der Waals surface area (Å²) in [4.78, 5) is 50.9. The van der Waals surface area contributed by atoms with E-state index in [2.05, 4.69) is 0 Å². The quantitative estimate of drug-likeness (QED) is 0.596. The lowest BCUT2D eigenvalue weighted by Crippen LogP contribution is -2.44. The van der Waals surface area contributed by atoms with E-state index in [-0.39, 0.29) is 18.7 Å². The maximum atomic E-state index is 13.2. The molecule has 7 nitrogen and oxygen atoms in total. The Kier molecular flexibility index (Phi) is 5.82. The van der Waals surface area contributed by atoms with Crippen molar-refractivity contribution in [2.45, 2.75) is 19.0 Å². The molecule has 0 spiro atoms. The number of carbonyl (C=O) groups excluding carboxylic acids is 3. The molecule has 2 aromatic carbocycles. The minimum absolute atomic E-state index is 0.0184. The van der Waals surface area contributed by atoms with Crippen LogP contribution in [-0.4, -0.2) is 39.7 Å². The van der Waals surface area contributed by atoms with E-state index in [0.29, 0.717) is 11.6 Å². The van der Waals surface area contributed by atoms with Gasteiger partial charge in [-0.25, -0.2) is 14.1 Å². The lowest BCUT2D eigenvalue weighted by molar-refractivity contribution is -0.135. The molecule has 3 amide bonds. The van der Waals surface area contributed by atoms with Crippen LogP contribution in [0.15, 0.2) is 66.7 Å². The number of anilines is 1. The van der Waals surface area contributed by atoms with Crippen LogP contribution in [0.4, 0.5) is 10.1 Å². The number of imide groups is 1. The second kappa shape index (κ2) is 8.47. The number of halogens is 1. The highest BCUT2D eigenvalue weighted by molar-refractivity contribution is 6.23. The highest BCUT2D eigenvalue weighted by Gasteiger charge is 2.44. The van der Waals surface area contributed by atoms with Crippen molar-refractivity contribution < 1.29 is 28.7 Å². The molecule has 0 saturated carbocycles. The fourth-order valence-electron chi connectivity index (χ4n) is 3.08. The number of rotatable bonds is 6. The summed E-state index contributed by atoms with van der Waals surface area (Å²) in [5, 5.41) is 8.79. The van der Waals surface area contributed by atoms with Crippen LogP contribution in [0.3, 0.4) is 0 Å². The number of carboxylic acid groups (broad SMARTS) is 1. The lowest BCUT2D eigenvalue weighted by atomic mass is 10.1. The zero-order valence-corrected chi connectivity index (χ0v) is 15.2. The smallest absolute Gasteiger partial charge is 0.328 e. The number of hydrogen-bond acceptors (Lipinski definition) is 4. The fraction of sp³-hybridized carbons (Fsp3) is 0.143. The first-order valence-electron chi connectivity index (χ1n) is 8.74. The zero-order valence-electron chi connectivity index (χ0n) is 15.2. The van der Waals surface area contributed by atoms with E-state index in [1.165, 1.54) is 17.0 Å². The number of benzene rings is 2. The summed E-state index contributed by atoms with van der Waals surface area (Å²) in [6.07, 6.45) is 1.28. The second-order valence-electron chi connectivity index (χ2n) is 6.39. The Morgan fingerprint density at radius 1 is 1.07 bits per heavy atom. The van der Waals surface area contributed by atoms with Gasteiger partial charge in [0, 0.05) is 18.7 Å². The highest BCUT2D eigenvalue weighted by atomic mass is 19.1. The van der Waals surface area contributed by atoms with E-state index in [9.17, 15) is 23.6 Å². The van der Waals surface area contributed by atoms with Gasteiger partial charge in [-0.3, -0.25) is 14.4 Å².